The van der Waals surface area contributed by atoms with Gasteiger partial charge in [0.15, 0.2) is 0 Å². The maximum Gasteiger partial charge on any atom is 0.335 e. The minimum absolute atomic E-state index is 0.203. The number of hydrogen-bond acceptors (Lipinski definition) is 3. The highest BCUT2D eigenvalue weighted by Crippen LogP contribution is 2.38. The van der Waals surface area contributed by atoms with E-state index in [0.29, 0.717) is 17.0 Å². The number of carbonyl (C=O) groups excluding carboxylic acids is 1. The highest BCUT2D eigenvalue weighted by atomic mass is 79.9. The lowest BCUT2D eigenvalue weighted by Crippen LogP contribution is -2.27. The van der Waals surface area contributed by atoms with Crippen LogP contribution in [-0.2, 0) is 6.42 Å². The second kappa shape index (κ2) is 9.43. The first-order valence-electron chi connectivity index (χ1n) is 8.61. The van der Waals surface area contributed by atoms with E-state index in [-0.39, 0.29) is 17.5 Å². The molecule has 0 aliphatic heterocycles. The first-order valence-corrected chi connectivity index (χ1v) is 11.4. The van der Waals surface area contributed by atoms with Gasteiger partial charge in [0.1, 0.15) is 0 Å². The standard InChI is InChI=1S/C21H16Br2ClNO3S/c1-11(13-5-7-14(8-6-13)21(27)28)25-20(26)17-16(18(22)29-19(17)23)10-12-3-2-4-15(24)9-12/h2-9,11H,10H2,1H3,(H,25,26)(H,27,28). The maximum atomic E-state index is 13.0. The summed E-state index contributed by atoms with van der Waals surface area (Å²) in [7, 11) is 0. The second-order valence-corrected chi connectivity index (χ2v) is 10.5. The molecule has 0 aliphatic rings. The van der Waals surface area contributed by atoms with Crippen LogP contribution in [0.1, 0.15) is 50.4 Å². The van der Waals surface area contributed by atoms with E-state index < -0.39 is 5.97 Å². The van der Waals surface area contributed by atoms with Crippen LogP contribution in [0.15, 0.2) is 56.1 Å². The molecule has 0 radical (unpaired) electrons. The Morgan fingerprint density at radius 1 is 1.14 bits per heavy atom. The average molecular weight is 558 g/mol. The van der Waals surface area contributed by atoms with Crippen molar-refractivity contribution in [3.05, 3.63) is 88.9 Å². The van der Waals surface area contributed by atoms with Crippen LogP contribution in [0.5, 0.6) is 0 Å². The summed E-state index contributed by atoms with van der Waals surface area (Å²) < 4.78 is 1.63. The Morgan fingerprint density at radius 2 is 1.83 bits per heavy atom. The molecule has 1 aromatic heterocycles. The summed E-state index contributed by atoms with van der Waals surface area (Å²) >= 11 is 14.6. The average Bonchev–Trinajstić information content (AvgIpc) is 2.95. The number of benzene rings is 2. The normalized spacial score (nSPS) is 11.9. The van der Waals surface area contributed by atoms with Crippen LogP contribution in [0, 0.1) is 0 Å². The number of rotatable bonds is 6. The highest BCUT2D eigenvalue weighted by molar-refractivity contribution is 9.12. The number of aromatic carboxylic acids is 1. The number of carbonyl (C=O) groups is 2. The molecule has 4 nitrogen and oxygen atoms in total. The molecule has 0 aliphatic carbocycles. The zero-order valence-corrected chi connectivity index (χ0v) is 20.0. The number of carboxylic acid groups (broad SMARTS) is 1. The van der Waals surface area contributed by atoms with Gasteiger partial charge in [0.25, 0.3) is 5.91 Å². The molecule has 1 atom stereocenters. The number of halogens is 3. The Balaban J connectivity index is 1.82. The Labute approximate surface area is 194 Å². The van der Waals surface area contributed by atoms with Crippen LogP contribution in [0.2, 0.25) is 5.02 Å². The first-order chi connectivity index (χ1) is 13.8. The van der Waals surface area contributed by atoms with E-state index in [0.717, 1.165) is 24.3 Å². The third kappa shape index (κ3) is 5.28. The van der Waals surface area contributed by atoms with E-state index in [2.05, 4.69) is 37.2 Å². The van der Waals surface area contributed by atoms with E-state index in [4.69, 9.17) is 16.7 Å². The van der Waals surface area contributed by atoms with Crippen molar-refractivity contribution >= 4 is 66.7 Å². The summed E-state index contributed by atoms with van der Waals surface area (Å²) in [6.45, 7) is 1.86. The van der Waals surface area contributed by atoms with Crippen LogP contribution < -0.4 is 5.32 Å². The molecule has 0 saturated heterocycles. The Kier molecular flexibility index (Phi) is 7.16. The summed E-state index contributed by atoms with van der Waals surface area (Å²) in [6.07, 6.45) is 0.563. The number of nitrogens with one attached hydrogen (secondary N) is 1. The van der Waals surface area contributed by atoms with Gasteiger partial charge in [-0.2, -0.15) is 0 Å². The molecule has 1 heterocycles. The minimum Gasteiger partial charge on any atom is -0.478 e. The summed E-state index contributed by atoms with van der Waals surface area (Å²) in [5.74, 6) is -1.18. The number of amides is 1. The molecular formula is C21H16Br2ClNO3S. The molecule has 0 spiro atoms. The lowest BCUT2D eigenvalue weighted by atomic mass is 10.0. The molecule has 29 heavy (non-hydrogen) atoms. The summed E-state index contributed by atoms with van der Waals surface area (Å²) in [5.41, 5.74) is 3.51. The zero-order chi connectivity index (χ0) is 21.1. The fourth-order valence-electron chi connectivity index (χ4n) is 2.91. The van der Waals surface area contributed by atoms with Crippen LogP contribution >= 0.6 is 54.8 Å². The summed E-state index contributed by atoms with van der Waals surface area (Å²) in [6, 6.07) is 13.7. The van der Waals surface area contributed by atoms with Crippen molar-refractivity contribution in [3.8, 4) is 0 Å². The van der Waals surface area contributed by atoms with Crippen LogP contribution in [0.25, 0.3) is 0 Å². The summed E-state index contributed by atoms with van der Waals surface area (Å²) in [5, 5.41) is 12.7. The highest BCUT2D eigenvalue weighted by Gasteiger charge is 2.23. The van der Waals surface area contributed by atoms with Crippen molar-refractivity contribution in [3.63, 3.8) is 0 Å². The van der Waals surface area contributed by atoms with Gasteiger partial charge in [-0.25, -0.2) is 4.79 Å². The monoisotopic (exact) mass is 555 g/mol. The quantitative estimate of drug-likeness (QED) is 0.354. The predicted octanol–water partition coefficient (Wildman–Crippen LogP) is 6.71. The summed E-state index contributed by atoms with van der Waals surface area (Å²) in [4.78, 5) is 24.0. The van der Waals surface area contributed by atoms with Crippen molar-refractivity contribution in [1.82, 2.24) is 5.32 Å². The molecule has 0 fully saturated rings. The molecule has 1 unspecified atom stereocenters. The molecular weight excluding hydrogens is 542 g/mol. The van der Waals surface area contributed by atoms with E-state index in [1.807, 2.05) is 31.2 Å². The van der Waals surface area contributed by atoms with Gasteiger partial charge in [0, 0.05) is 11.4 Å². The van der Waals surface area contributed by atoms with Gasteiger partial charge in [-0.1, -0.05) is 35.9 Å². The van der Waals surface area contributed by atoms with Crippen molar-refractivity contribution in [2.24, 2.45) is 0 Å². The zero-order valence-electron chi connectivity index (χ0n) is 15.2. The number of carboxylic acids is 1. The molecule has 1 amide bonds. The maximum absolute atomic E-state index is 13.0. The molecule has 3 rings (SSSR count). The van der Waals surface area contributed by atoms with Gasteiger partial charge in [-0.05, 0) is 79.7 Å². The largest absolute Gasteiger partial charge is 0.478 e. The molecule has 3 aromatic rings. The van der Waals surface area contributed by atoms with Gasteiger partial charge in [-0.15, -0.1) is 11.3 Å². The smallest absolute Gasteiger partial charge is 0.335 e. The van der Waals surface area contributed by atoms with Crippen molar-refractivity contribution in [2.45, 2.75) is 19.4 Å². The van der Waals surface area contributed by atoms with Crippen molar-refractivity contribution in [2.75, 3.05) is 0 Å². The lowest BCUT2D eigenvalue weighted by Gasteiger charge is -2.15. The Morgan fingerprint density at radius 3 is 2.45 bits per heavy atom. The Bertz CT molecular complexity index is 1070. The first kappa shape index (κ1) is 22.0. The molecule has 2 aromatic carbocycles. The van der Waals surface area contributed by atoms with Gasteiger partial charge in [0.05, 0.1) is 24.7 Å². The van der Waals surface area contributed by atoms with E-state index in [1.54, 1.807) is 12.1 Å². The third-order valence-electron chi connectivity index (χ3n) is 4.42. The molecule has 0 bridgehead atoms. The third-order valence-corrected chi connectivity index (χ3v) is 7.31. The van der Waals surface area contributed by atoms with Crippen molar-refractivity contribution in [1.29, 1.82) is 0 Å². The molecule has 8 heteroatoms. The van der Waals surface area contributed by atoms with Crippen molar-refractivity contribution < 1.29 is 14.7 Å². The fraction of sp³-hybridized carbons (Fsp3) is 0.143. The van der Waals surface area contributed by atoms with E-state index in [1.165, 1.54) is 23.5 Å². The van der Waals surface area contributed by atoms with Crippen LogP contribution in [-0.4, -0.2) is 17.0 Å². The van der Waals surface area contributed by atoms with Gasteiger partial charge >= 0.3 is 5.97 Å². The SMILES string of the molecule is CC(NC(=O)c1c(Br)sc(Br)c1Cc1cccc(Cl)c1)c1ccc(C(=O)O)cc1. The second-order valence-electron chi connectivity index (χ2n) is 6.43. The predicted molar refractivity (Wildman–Crippen MR) is 123 cm³/mol. The van der Waals surface area contributed by atoms with E-state index in [9.17, 15) is 9.59 Å². The number of hydrogen-bond donors (Lipinski definition) is 2. The minimum atomic E-state index is -0.981. The topological polar surface area (TPSA) is 66.4 Å². The van der Waals surface area contributed by atoms with Gasteiger partial charge in [0.2, 0.25) is 0 Å². The molecule has 0 saturated carbocycles. The van der Waals surface area contributed by atoms with Gasteiger partial charge < -0.3 is 10.4 Å². The fourth-order valence-corrected chi connectivity index (χ4v) is 6.28. The van der Waals surface area contributed by atoms with Crippen LogP contribution in [0.4, 0.5) is 0 Å². The number of thiophene rings is 1. The van der Waals surface area contributed by atoms with E-state index >= 15 is 0 Å². The Hall–Kier alpha value is -1.67. The van der Waals surface area contributed by atoms with Gasteiger partial charge in [-0.3, -0.25) is 4.79 Å². The molecule has 150 valence electrons. The van der Waals surface area contributed by atoms with Crippen LogP contribution in [0.3, 0.4) is 0 Å². The lowest BCUT2D eigenvalue weighted by molar-refractivity contribution is 0.0696. The molecule has 2 N–H and O–H groups in total.